The third-order valence-electron chi connectivity index (χ3n) is 12.7. The lowest BCUT2D eigenvalue weighted by atomic mass is 9.70. The van der Waals surface area contributed by atoms with Crippen LogP contribution in [-0.2, 0) is 12.0 Å². The SMILES string of the molecule is C1=Cc2c(n(-c3ccc(-c4ccc(-n5c6cc7c(cc6c6ncccc65)-c5ccccc5C75c6ccccc6-c6ccccc65)cc4)cc3)c3cccnc23)CN1. The summed E-state index contributed by atoms with van der Waals surface area (Å²) in [7, 11) is 0. The summed E-state index contributed by atoms with van der Waals surface area (Å²) in [6.07, 6.45) is 7.94. The molecule has 57 heavy (non-hydrogen) atoms. The monoisotopic (exact) mass is 727 g/mol. The average Bonchev–Trinajstić information content (AvgIpc) is 3.98. The molecule has 0 radical (unpaired) electrons. The molecule has 2 aliphatic carbocycles. The van der Waals surface area contributed by atoms with Gasteiger partial charge in [0.1, 0.15) is 0 Å². The molecule has 6 aromatic carbocycles. The van der Waals surface area contributed by atoms with Crippen molar-refractivity contribution in [2.24, 2.45) is 0 Å². The van der Waals surface area contributed by atoms with E-state index in [1.54, 1.807) is 0 Å². The van der Waals surface area contributed by atoms with Gasteiger partial charge in [-0.25, -0.2) is 0 Å². The molecular weight excluding hydrogens is 695 g/mol. The summed E-state index contributed by atoms with van der Waals surface area (Å²) in [6, 6.07) is 58.3. The van der Waals surface area contributed by atoms with Gasteiger partial charge in [0, 0.05) is 34.7 Å². The summed E-state index contributed by atoms with van der Waals surface area (Å²) >= 11 is 0. The van der Waals surface area contributed by atoms with E-state index in [0.29, 0.717) is 0 Å². The molecule has 13 rings (SSSR count). The van der Waals surface area contributed by atoms with Gasteiger partial charge in [-0.3, -0.25) is 9.97 Å². The Kier molecular flexibility index (Phi) is 6.09. The lowest BCUT2D eigenvalue weighted by Gasteiger charge is -2.30. The Bertz CT molecular complexity index is 3300. The standard InChI is InChI=1S/C52H33N5/c1-4-12-42-36(9-1)37-10-2-5-13-43(37)52(42)44-14-6-3-11-38(44)40-29-41-48(30-45(40)52)56(47-16-8-27-55-51(41)47)34-21-17-32(18-22-34)33-19-23-35(24-20-33)57-46-15-7-26-54-50(46)39-25-28-53-31-49(39)57/h1-30,53H,31H2. The lowest BCUT2D eigenvalue weighted by molar-refractivity contribution is 0.794. The molecule has 5 heteroatoms. The van der Waals surface area contributed by atoms with E-state index >= 15 is 0 Å². The largest absolute Gasteiger partial charge is 0.385 e. The maximum atomic E-state index is 5.00. The second-order valence-electron chi connectivity index (χ2n) is 15.4. The van der Waals surface area contributed by atoms with Gasteiger partial charge in [0.2, 0.25) is 0 Å². The van der Waals surface area contributed by atoms with Gasteiger partial charge in [-0.2, -0.15) is 0 Å². The third kappa shape index (κ3) is 3.97. The van der Waals surface area contributed by atoms with E-state index in [1.165, 1.54) is 66.9 Å². The highest BCUT2D eigenvalue weighted by molar-refractivity contribution is 6.11. The molecule has 0 amide bonds. The number of fused-ring (bicyclic) bond motifs is 16. The molecule has 1 aliphatic heterocycles. The Morgan fingerprint density at radius 1 is 0.474 bits per heavy atom. The molecule has 3 aliphatic rings. The van der Waals surface area contributed by atoms with Crippen molar-refractivity contribution in [2.75, 3.05) is 0 Å². The molecule has 10 aromatic rings. The summed E-state index contributed by atoms with van der Waals surface area (Å²) in [6.45, 7) is 0.765. The smallest absolute Gasteiger partial charge is 0.0963 e. The summed E-state index contributed by atoms with van der Waals surface area (Å²) < 4.78 is 4.74. The fourth-order valence-electron chi connectivity index (χ4n) is 10.4. The molecular formula is C52H33N5. The number of benzene rings is 6. The van der Waals surface area contributed by atoms with Crippen molar-refractivity contribution in [3.05, 3.63) is 210 Å². The average molecular weight is 728 g/mol. The third-order valence-corrected chi connectivity index (χ3v) is 12.7. The maximum Gasteiger partial charge on any atom is 0.0963 e. The van der Waals surface area contributed by atoms with Crippen molar-refractivity contribution >= 4 is 39.0 Å². The molecule has 4 aromatic heterocycles. The van der Waals surface area contributed by atoms with E-state index in [0.717, 1.165) is 50.9 Å². The van der Waals surface area contributed by atoms with Crippen molar-refractivity contribution < 1.29 is 0 Å². The van der Waals surface area contributed by atoms with Crippen LogP contribution in [0.1, 0.15) is 33.5 Å². The van der Waals surface area contributed by atoms with Gasteiger partial charge < -0.3 is 14.5 Å². The Balaban J connectivity index is 0.964. The first-order valence-electron chi connectivity index (χ1n) is 19.6. The topological polar surface area (TPSA) is 47.7 Å². The molecule has 5 heterocycles. The molecule has 1 N–H and O–H groups in total. The van der Waals surface area contributed by atoms with Gasteiger partial charge in [-0.15, -0.1) is 0 Å². The van der Waals surface area contributed by atoms with E-state index < -0.39 is 5.41 Å². The zero-order chi connectivity index (χ0) is 37.2. The Labute approximate surface area is 328 Å². The van der Waals surface area contributed by atoms with Crippen LogP contribution in [0.5, 0.6) is 0 Å². The minimum atomic E-state index is -0.409. The molecule has 0 fully saturated rings. The number of nitrogens with one attached hydrogen (secondary N) is 1. The van der Waals surface area contributed by atoms with Crippen molar-refractivity contribution in [3.8, 4) is 44.8 Å². The van der Waals surface area contributed by atoms with E-state index in [9.17, 15) is 0 Å². The van der Waals surface area contributed by atoms with Gasteiger partial charge in [-0.1, -0.05) is 97.1 Å². The Morgan fingerprint density at radius 3 is 1.65 bits per heavy atom. The quantitative estimate of drug-likeness (QED) is 0.197. The fraction of sp³-hybridized carbons (Fsp3) is 0.0385. The van der Waals surface area contributed by atoms with E-state index in [-0.39, 0.29) is 0 Å². The van der Waals surface area contributed by atoms with Gasteiger partial charge >= 0.3 is 0 Å². The van der Waals surface area contributed by atoms with Gasteiger partial charge in [0.05, 0.1) is 45.2 Å². The highest BCUT2D eigenvalue weighted by atomic mass is 15.0. The van der Waals surface area contributed by atoms with Crippen molar-refractivity contribution in [1.29, 1.82) is 0 Å². The Hall–Kier alpha value is -7.50. The minimum absolute atomic E-state index is 0.409. The van der Waals surface area contributed by atoms with Crippen LogP contribution in [0.2, 0.25) is 0 Å². The molecule has 0 saturated heterocycles. The Morgan fingerprint density at radius 2 is 1.02 bits per heavy atom. The van der Waals surface area contributed by atoms with Gasteiger partial charge in [0.25, 0.3) is 0 Å². The maximum absolute atomic E-state index is 5.00. The number of hydrogen-bond acceptors (Lipinski definition) is 3. The summed E-state index contributed by atoms with van der Waals surface area (Å²) in [4.78, 5) is 9.73. The van der Waals surface area contributed by atoms with Crippen LogP contribution in [0.25, 0.3) is 83.8 Å². The molecule has 1 spiro atoms. The van der Waals surface area contributed by atoms with Crippen LogP contribution in [0.15, 0.2) is 176 Å². The van der Waals surface area contributed by atoms with E-state index in [1.807, 2.05) is 24.7 Å². The molecule has 5 nitrogen and oxygen atoms in total. The first-order valence-corrected chi connectivity index (χ1v) is 19.6. The number of aromatic nitrogens is 4. The summed E-state index contributed by atoms with van der Waals surface area (Å²) in [5.41, 5.74) is 22.6. The highest BCUT2D eigenvalue weighted by Crippen LogP contribution is 2.63. The lowest BCUT2D eigenvalue weighted by Crippen LogP contribution is -2.25. The molecule has 0 unspecified atom stereocenters. The molecule has 266 valence electrons. The first-order chi connectivity index (χ1) is 28.3. The number of pyridine rings is 2. The summed E-state index contributed by atoms with van der Waals surface area (Å²) in [5, 5.41) is 4.55. The first kappa shape index (κ1) is 30.8. The second-order valence-corrected chi connectivity index (χ2v) is 15.4. The zero-order valence-corrected chi connectivity index (χ0v) is 30.8. The normalized spacial score (nSPS) is 14.1. The fourth-order valence-corrected chi connectivity index (χ4v) is 10.4. The molecule has 0 bridgehead atoms. The number of hydrogen-bond donors (Lipinski definition) is 1. The molecule has 0 saturated carbocycles. The highest BCUT2D eigenvalue weighted by Gasteiger charge is 2.51. The van der Waals surface area contributed by atoms with Gasteiger partial charge in [-0.05, 0) is 129 Å². The van der Waals surface area contributed by atoms with Crippen LogP contribution >= 0.6 is 0 Å². The van der Waals surface area contributed by atoms with Crippen LogP contribution in [-0.4, -0.2) is 19.1 Å². The van der Waals surface area contributed by atoms with E-state index in [4.69, 9.17) is 9.97 Å². The van der Waals surface area contributed by atoms with Crippen molar-refractivity contribution in [1.82, 2.24) is 24.4 Å². The van der Waals surface area contributed by atoms with Crippen LogP contribution in [0.4, 0.5) is 0 Å². The summed E-state index contributed by atoms with van der Waals surface area (Å²) in [5.74, 6) is 0. The molecule has 0 atom stereocenters. The predicted octanol–water partition coefficient (Wildman–Crippen LogP) is 11.6. The van der Waals surface area contributed by atoms with Crippen LogP contribution in [0, 0.1) is 0 Å². The van der Waals surface area contributed by atoms with Crippen molar-refractivity contribution in [3.63, 3.8) is 0 Å². The second kappa shape index (κ2) is 11.3. The van der Waals surface area contributed by atoms with E-state index in [2.05, 4.69) is 172 Å². The predicted molar refractivity (Wildman–Crippen MR) is 231 cm³/mol. The van der Waals surface area contributed by atoms with Crippen LogP contribution in [0.3, 0.4) is 0 Å². The minimum Gasteiger partial charge on any atom is -0.385 e. The number of nitrogens with zero attached hydrogens (tertiary/aromatic N) is 4. The van der Waals surface area contributed by atoms with Crippen molar-refractivity contribution in [2.45, 2.75) is 12.0 Å². The van der Waals surface area contributed by atoms with Gasteiger partial charge in [0.15, 0.2) is 0 Å². The zero-order valence-electron chi connectivity index (χ0n) is 30.8. The number of rotatable bonds is 3. The van der Waals surface area contributed by atoms with Crippen LogP contribution < -0.4 is 5.32 Å².